The van der Waals surface area contributed by atoms with E-state index in [1.807, 2.05) is 0 Å². The number of carboxylic acid groups (broad SMARTS) is 2. The van der Waals surface area contributed by atoms with E-state index in [-0.39, 0.29) is 11.3 Å². The molecule has 0 bridgehead atoms. The van der Waals surface area contributed by atoms with Crippen molar-refractivity contribution in [2.45, 2.75) is 0 Å². The first kappa shape index (κ1) is 10.8. The van der Waals surface area contributed by atoms with Crippen molar-refractivity contribution >= 4 is 29.3 Å². The molecule has 1 aliphatic rings. The number of Topliss-reactive ketones (excluding diaryl/α,β-unsaturated/α-hetero) is 1. The van der Waals surface area contributed by atoms with Crippen LogP contribution in [0.2, 0.25) is 0 Å². The molecule has 86 valence electrons. The third-order valence-electron chi connectivity index (χ3n) is 2.34. The van der Waals surface area contributed by atoms with Crippen LogP contribution in [-0.4, -0.2) is 33.8 Å². The van der Waals surface area contributed by atoms with Crippen molar-refractivity contribution < 1.29 is 29.4 Å². The van der Waals surface area contributed by atoms with Crippen LogP contribution in [-0.2, 0) is 4.79 Å². The fraction of sp³-hybridized carbons (Fsp3) is 0. The molecule has 0 aromatic heterocycles. The Hall–Kier alpha value is -2.70. The summed E-state index contributed by atoms with van der Waals surface area (Å²) >= 11 is 0. The molecule has 7 nitrogen and oxygen atoms in total. The number of ketones is 1. The summed E-state index contributed by atoms with van der Waals surface area (Å²) in [6.07, 6.45) is 0. The lowest BCUT2D eigenvalue weighted by Gasteiger charge is -2.05. The van der Waals surface area contributed by atoms with Crippen LogP contribution in [0, 0.1) is 0 Å². The van der Waals surface area contributed by atoms with Gasteiger partial charge in [-0.15, -0.1) is 0 Å². The summed E-state index contributed by atoms with van der Waals surface area (Å²) in [6.45, 7) is 0. The van der Waals surface area contributed by atoms with Crippen molar-refractivity contribution in [3.05, 3.63) is 28.8 Å². The Labute approximate surface area is 93.7 Å². The number of carbonyl (C=O) groups is 4. The molecule has 1 aromatic carbocycles. The summed E-state index contributed by atoms with van der Waals surface area (Å²) in [5.41, 5.74) is -1.37. The van der Waals surface area contributed by atoms with Gasteiger partial charge in [0.1, 0.15) is 0 Å². The SMILES string of the molecule is O=C1Nc2c(C(=O)O)ccc(C(=O)O)c2C1=O. The van der Waals surface area contributed by atoms with Gasteiger partial charge in [0.15, 0.2) is 0 Å². The van der Waals surface area contributed by atoms with Crippen molar-refractivity contribution in [1.82, 2.24) is 0 Å². The molecular formula is C10H5NO6. The molecule has 17 heavy (non-hydrogen) atoms. The van der Waals surface area contributed by atoms with E-state index < -0.39 is 34.8 Å². The van der Waals surface area contributed by atoms with Crippen LogP contribution in [0.4, 0.5) is 5.69 Å². The minimum atomic E-state index is -1.40. The highest BCUT2D eigenvalue weighted by Crippen LogP contribution is 2.30. The minimum absolute atomic E-state index is 0.257. The van der Waals surface area contributed by atoms with Crippen LogP contribution in [0.15, 0.2) is 12.1 Å². The number of amides is 1. The molecule has 1 aliphatic heterocycles. The molecule has 0 radical (unpaired) electrons. The maximum atomic E-state index is 11.4. The highest BCUT2D eigenvalue weighted by atomic mass is 16.4. The molecular weight excluding hydrogens is 230 g/mol. The van der Waals surface area contributed by atoms with E-state index in [9.17, 15) is 19.2 Å². The highest BCUT2D eigenvalue weighted by Gasteiger charge is 2.35. The predicted molar refractivity (Wildman–Crippen MR) is 53.3 cm³/mol. The summed E-state index contributed by atoms with van der Waals surface area (Å²) in [5.74, 6) is -4.83. The van der Waals surface area contributed by atoms with Crippen LogP contribution in [0.1, 0.15) is 31.1 Å². The van der Waals surface area contributed by atoms with Gasteiger partial charge in [-0.2, -0.15) is 0 Å². The number of anilines is 1. The van der Waals surface area contributed by atoms with Crippen molar-refractivity contribution in [3.63, 3.8) is 0 Å². The zero-order valence-corrected chi connectivity index (χ0v) is 8.18. The summed E-state index contributed by atoms with van der Waals surface area (Å²) in [6, 6.07) is 2.02. The number of aromatic carboxylic acids is 2. The molecule has 3 N–H and O–H groups in total. The molecule has 0 saturated heterocycles. The Bertz CT molecular complexity index is 589. The topological polar surface area (TPSA) is 121 Å². The third kappa shape index (κ3) is 1.44. The van der Waals surface area contributed by atoms with Crippen LogP contribution in [0.5, 0.6) is 0 Å². The van der Waals surface area contributed by atoms with Crippen molar-refractivity contribution in [2.75, 3.05) is 5.32 Å². The maximum absolute atomic E-state index is 11.4. The van der Waals surface area contributed by atoms with Gasteiger partial charge in [0.05, 0.1) is 22.4 Å². The van der Waals surface area contributed by atoms with Gasteiger partial charge in [0.25, 0.3) is 11.7 Å². The van der Waals surface area contributed by atoms with E-state index in [0.717, 1.165) is 12.1 Å². The lowest BCUT2D eigenvalue weighted by molar-refractivity contribution is -0.112. The highest BCUT2D eigenvalue weighted by molar-refractivity contribution is 6.53. The molecule has 0 aliphatic carbocycles. The number of benzene rings is 1. The fourth-order valence-electron chi connectivity index (χ4n) is 1.61. The molecule has 7 heteroatoms. The van der Waals surface area contributed by atoms with Gasteiger partial charge < -0.3 is 15.5 Å². The van der Waals surface area contributed by atoms with Gasteiger partial charge in [0, 0.05) is 0 Å². The number of rotatable bonds is 2. The molecule has 1 heterocycles. The molecule has 0 spiro atoms. The second kappa shape index (κ2) is 3.41. The molecule has 0 atom stereocenters. The smallest absolute Gasteiger partial charge is 0.337 e. The number of hydrogen-bond acceptors (Lipinski definition) is 4. The Morgan fingerprint density at radius 1 is 1.00 bits per heavy atom. The monoisotopic (exact) mass is 235 g/mol. The maximum Gasteiger partial charge on any atom is 0.337 e. The molecule has 1 aromatic rings. The number of carboxylic acids is 2. The Balaban J connectivity index is 2.79. The van der Waals surface area contributed by atoms with Crippen molar-refractivity contribution in [1.29, 1.82) is 0 Å². The zero-order chi connectivity index (χ0) is 12.7. The van der Waals surface area contributed by atoms with Gasteiger partial charge in [-0.3, -0.25) is 9.59 Å². The number of nitrogens with one attached hydrogen (secondary N) is 1. The number of carbonyl (C=O) groups excluding carboxylic acids is 2. The quantitative estimate of drug-likeness (QED) is 0.630. The Morgan fingerprint density at radius 2 is 1.53 bits per heavy atom. The predicted octanol–water partition coefficient (Wildman–Crippen LogP) is 0.218. The van der Waals surface area contributed by atoms with Crippen LogP contribution in [0.3, 0.4) is 0 Å². The average molecular weight is 235 g/mol. The fourth-order valence-corrected chi connectivity index (χ4v) is 1.61. The molecule has 0 unspecified atom stereocenters. The summed E-state index contributed by atoms with van der Waals surface area (Å²) < 4.78 is 0. The number of hydrogen-bond donors (Lipinski definition) is 3. The summed E-state index contributed by atoms with van der Waals surface area (Å²) in [5, 5.41) is 19.7. The van der Waals surface area contributed by atoms with E-state index in [4.69, 9.17) is 10.2 Å². The van der Waals surface area contributed by atoms with Crippen molar-refractivity contribution in [3.8, 4) is 0 Å². The van der Waals surface area contributed by atoms with Crippen LogP contribution in [0.25, 0.3) is 0 Å². The normalized spacial score (nSPS) is 13.2. The van der Waals surface area contributed by atoms with E-state index in [1.165, 1.54) is 0 Å². The summed E-state index contributed by atoms with van der Waals surface area (Å²) in [4.78, 5) is 44.3. The van der Waals surface area contributed by atoms with Crippen LogP contribution < -0.4 is 5.32 Å². The van der Waals surface area contributed by atoms with E-state index in [2.05, 4.69) is 5.32 Å². The van der Waals surface area contributed by atoms with Gasteiger partial charge in [-0.05, 0) is 12.1 Å². The number of fused-ring (bicyclic) bond motifs is 1. The first-order chi connectivity index (χ1) is 7.93. The Morgan fingerprint density at radius 3 is 2.06 bits per heavy atom. The first-order valence-electron chi connectivity index (χ1n) is 4.42. The second-order valence-corrected chi connectivity index (χ2v) is 3.30. The third-order valence-corrected chi connectivity index (χ3v) is 2.34. The molecule has 2 rings (SSSR count). The van der Waals surface area contributed by atoms with Gasteiger partial charge >= 0.3 is 11.9 Å². The lowest BCUT2D eigenvalue weighted by atomic mass is 10.00. The lowest BCUT2D eigenvalue weighted by Crippen LogP contribution is -2.14. The summed E-state index contributed by atoms with van der Waals surface area (Å²) in [7, 11) is 0. The van der Waals surface area contributed by atoms with Gasteiger partial charge in [0.2, 0.25) is 0 Å². The zero-order valence-electron chi connectivity index (χ0n) is 8.18. The Kier molecular flexibility index (Phi) is 2.17. The van der Waals surface area contributed by atoms with E-state index in [0.29, 0.717) is 0 Å². The van der Waals surface area contributed by atoms with E-state index in [1.54, 1.807) is 0 Å². The second-order valence-electron chi connectivity index (χ2n) is 3.30. The molecule has 0 fully saturated rings. The standard InChI is InChI=1S/C10H5NO6/c12-7-5-3(9(14)15)1-2-4(10(16)17)6(5)11-8(7)13/h1-2H,(H,14,15)(H,16,17)(H,11,12,13). The first-order valence-corrected chi connectivity index (χ1v) is 4.42. The average Bonchev–Trinajstić information content (AvgIpc) is 2.54. The van der Waals surface area contributed by atoms with Gasteiger partial charge in [-0.1, -0.05) is 0 Å². The largest absolute Gasteiger partial charge is 0.478 e. The minimum Gasteiger partial charge on any atom is -0.478 e. The molecule has 0 saturated carbocycles. The van der Waals surface area contributed by atoms with Crippen LogP contribution >= 0.6 is 0 Å². The van der Waals surface area contributed by atoms with Gasteiger partial charge in [-0.25, -0.2) is 9.59 Å². The van der Waals surface area contributed by atoms with E-state index >= 15 is 0 Å². The van der Waals surface area contributed by atoms with Crippen molar-refractivity contribution in [2.24, 2.45) is 0 Å². The molecule has 1 amide bonds.